The van der Waals surface area contributed by atoms with Gasteiger partial charge in [0.1, 0.15) is 5.75 Å². The largest absolute Gasteiger partial charge is 0.497 e. The average Bonchev–Trinajstić information content (AvgIpc) is 3.15. The number of benzene rings is 1. The maximum atomic E-state index is 12.6. The molecule has 1 aromatic carbocycles. The predicted molar refractivity (Wildman–Crippen MR) is 116 cm³/mol. The Labute approximate surface area is 184 Å². The van der Waals surface area contributed by atoms with Crippen molar-refractivity contribution in [2.75, 3.05) is 13.7 Å². The first-order valence-electron chi connectivity index (χ1n) is 11.2. The van der Waals surface area contributed by atoms with E-state index in [1.807, 2.05) is 29.2 Å². The monoisotopic (exact) mass is 430 g/mol. The fourth-order valence-electron chi connectivity index (χ4n) is 4.60. The highest BCUT2D eigenvalue weighted by molar-refractivity contribution is 5.89. The second-order valence-corrected chi connectivity index (χ2v) is 8.93. The molecule has 5 atom stereocenters. The number of amides is 2. The van der Waals surface area contributed by atoms with Crippen LogP contribution in [0.15, 0.2) is 24.3 Å². The van der Waals surface area contributed by atoms with E-state index >= 15 is 0 Å². The van der Waals surface area contributed by atoms with Crippen LogP contribution in [0.3, 0.4) is 0 Å². The van der Waals surface area contributed by atoms with Crippen LogP contribution >= 0.6 is 0 Å². The molecule has 2 fully saturated rings. The third-order valence-corrected chi connectivity index (χ3v) is 6.84. The molecule has 1 aromatic rings. The van der Waals surface area contributed by atoms with E-state index in [2.05, 4.69) is 19.2 Å². The highest BCUT2D eigenvalue weighted by atomic mass is 16.5. The molecule has 1 heterocycles. The zero-order chi connectivity index (χ0) is 22.5. The molecule has 7 heteroatoms. The van der Waals surface area contributed by atoms with Gasteiger partial charge in [0.25, 0.3) is 5.91 Å². The van der Waals surface area contributed by atoms with E-state index in [1.165, 1.54) is 6.42 Å². The summed E-state index contributed by atoms with van der Waals surface area (Å²) in [5, 5.41) is 2.78. The molecule has 0 bridgehead atoms. The molecule has 1 saturated heterocycles. The minimum atomic E-state index is -0.913. The third kappa shape index (κ3) is 5.57. The molecule has 0 radical (unpaired) electrons. The summed E-state index contributed by atoms with van der Waals surface area (Å²) in [5.74, 6) is 0.425. The molecule has 1 aliphatic heterocycles. The molecule has 1 saturated carbocycles. The average molecular weight is 431 g/mol. The Morgan fingerprint density at radius 1 is 1.19 bits per heavy atom. The zero-order valence-electron chi connectivity index (χ0n) is 18.9. The van der Waals surface area contributed by atoms with Gasteiger partial charge in [-0.25, -0.2) is 0 Å². The van der Waals surface area contributed by atoms with Gasteiger partial charge < -0.3 is 19.7 Å². The lowest BCUT2D eigenvalue weighted by Crippen LogP contribution is -2.45. The van der Waals surface area contributed by atoms with E-state index in [0.717, 1.165) is 24.2 Å². The lowest BCUT2D eigenvalue weighted by atomic mass is 9.77. The molecule has 7 nitrogen and oxygen atoms in total. The first-order valence-corrected chi connectivity index (χ1v) is 11.2. The molecule has 0 spiro atoms. The maximum absolute atomic E-state index is 12.6. The quantitative estimate of drug-likeness (QED) is 0.673. The van der Waals surface area contributed by atoms with E-state index in [1.54, 1.807) is 14.0 Å². The van der Waals surface area contributed by atoms with E-state index in [4.69, 9.17) is 9.47 Å². The van der Waals surface area contributed by atoms with Crippen molar-refractivity contribution >= 4 is 17.8 Å². The summed E-state index contributed by atoms with van der Waals surface area (Å²) in [6.07, 6.45) is 2.54. The SMILES string of the molecule is COc1ccc(CNC(=O)[C@H](C)OC(=O)[C@@H]2CC(=O)N([C@H]3CCC[C@@H](C)[C@H]3C)C2)cc1. The second kappa shape index (κ2) is 10.2. The number of esters is 1. The number of carbonyl (C=O) groups is 3. The van der Waals surface area contributed by atoms with Crippen LogP contribution in [0.2, 0.25) is 0 Å². The number of hydrogen-bond donors (Lipinski definition) is 1. The Hall–Kier alpha value is -2.57. The van der Waals surface area contributed by atoms with E-state index in [9.17, 15) is 14.4 Å². The number of nitrogens with zero attached hydrogens (tertiary/aromatic N) is 1. The van der Waals surface area contributed by atoms with Crippen LogP contribution in [-0.2, 0) is 25.7 Å². The Morgan fingerprint density at radius 2 is 1.90 bits per heavy atom. The highest BCUT2D eigenvalue weighted by Crippen LogP contribution is 2.36. The second-order valence-electron chi connectivity index (χ2n) is 8.93. The van der Waals surface area contributed by atoms with Crippen molar-refractivity contribution in [2.45, 2.75) is 65.1 Å². The van der Waals surface area contributed by atoms with Crippen molar-refractivity contribution in [3.05, 3.63) is 29.8 Å². The van der Waals surface area contributed by atoms with Gasteiger partial charge in [0.05, 0.1) is 13.0 Å². The fourth-order valence-corrected chi connectivity index (χ4v) is 4.60. The Kier molecular flexibility index (Phi) is 7.57. The molecule has 170 valence electrons. The van der Waals surface area contributed by atoms with Crippen molar-refractivity contribution in [1.29, 1.82) is 0 Å². The van der Waals surface area contributed by atoms with Crippen molar-refractivity contribution < 1.29 is 23.9 Å². The summed E-state index contributed by atoms with van der Waals surface area (Å²) in [7, 11) is 1.60. The molecule has 2 aliphatic rings. The molecule has 3 rings (SSSR count). The third-order valence-electron chi connectivity index (χ3n) is 6.84. The van der Waals surface area contributed by atoms with Crippen LogP contribution in [0, 0.1) is 17.8 Å². The minimum absolute atomic E-state index is 0.0181. The summed E-state index contributed by atoms with van der Waals surface area (Å²) < 4.78 is 10.5. The highest BCUT2D eigenvalue weighted by Gasteiger charge is 2.42. The predicted octanol–water partition coefficient (Wildman–Crippen LogP) is 2.92. The van der Waals surface area contributed by atoms with Crippen molar-refractivity contribution in [1.82, 2.24) is 10.2 Å². The van der Waals surface area contributed by atoms with Gasteiger partial charge in [-0.3, -0.25) is 14.4 Å². The Balaban J connectivity index is 1.48. The van der Waals surface area contributed by atoms with E-state index < -0.39 is 18.0 Å². The molecule has 2 amide bonds. The first-order chi connectivity index (χ1) is 14.8. The van der Waals surface area contributed by atoms with Crippen LogP contribution in [0.25, 0.3) is 0 Å². The standard InChI is InChI=1S/C24H34N2O5/c1-15-6-5-7-21(16(15)2)26-14-19(12-22(26)27)24(29)31-17(3)23(28)25-13-18-8-10-20(30-4)11-9-18/h8-11,15-17,19,21H,5-7,12-14H2,1-4H3,(H,25,28)/t15-,16-,17+,19-,21+/m1/s1. The van der Waals surface area contributed by atoms with Gasteiger partial charge in [0.2, 0.25) is 5.91 Å². The number of rotatable bonds is 7. The van der Waals surface area contributed by atoms with Crippen LogP contribution in [-0.4, -0.2) is 48.5 Å². The van der Waals surface area contributed by atoms with E-state index in [-0.39, 0.29) is 24.3 Å². The van der Waals surface area contributed by atoms with E-state index in [0.29, 0.717) is 24.9 Å². The lowest BCUT2D eigenvalue weighted by molar-refractivity contribution is -0.158. The lowest BCUT2D eigenvalue weighted by Gasteiger charge is -2.39. The molecule has 0 aromatic heterocycles. The Bertz CT molecular complexity index is 794. The van der Waals surface area contributed by atoms with Gasteiger partial charge >= 0.3 is 5.97 Å². The summed E-state index contributed by atoms with van der Waals surface area (Å²) in [6, 6.07) is 7.56. The number of carbonyl (C=O) groups excluding carboxylic acids is 3. The molecule has 31 heavy (non-hydrogen) atoms. The summed E-state index contributed by atoms with van der Waals surface area (Å²) in [6.45, 7) is 6.70. The zero-order valence-corrected chi connectivity index (χ0v) is 18.9. The van der Waals surface area contributed by atoms with Crippen LogP contribution in [0.1, 0.15) is 52.0 Å². The fraction of sp³-hybridized carbons (Fsp3) is 0.625. The van der Waals surface area contributed by atoms with Crippen molar-refractivity contribution in [3.8, 4) is 5.75 Å². The van der Waals surface area contributed by atoms with Gasteiger partial charge in [-0.05, 0) is 42.9 Å². The normalized spacial score (nSPS) is 27.0. The Morgan fingerprint density at radius 3 is 2.58 bits per heavy atom. The van der Waals surface area contributed by atoms with Crippen molar-refractivity contribution in [3.63, 3.8) is 0 Å². The number of methoxy groups -OCH3 is 1. The van der Waals surface area contributed by atoms with Crippen molar-refractivity contribution in [2.24, 2.45) is 17.8 Å². The van der Waals surface area contributed by atoms with Crippen LogP contribution in [0.4, 0.5) is 0 Å². The maximum Gasteiger partial charge on any atom is 0.312 e. The minimum Gasteiger partial charge on any atom is -0.497 e. The smallest absolute Gasteiger partial charge is 0.312 e. The first kappa shape index (κ1) is 23.1. The number of hydrogen-bond acceptors (Lipinski definition) is 5. The van der Waals surface area contributed by atoms with Crippen LogP contribution in [0.5, 0.6) is 5.75 Å². The number of nitrogens with one attached hydrogen (secondary N) is 1. The topological polar surface area (TPSA) is 84.9 Å². The number of ether oxygens (including phenoxy) is 2. The van der Waals surface area contributed by atoms with Gasteiger partial charge in [0, 0.05) is 25.6 Å². The van der Waals surface area contributed by atoms with Gasteiger partial charge in [-0.2, -0.15) is 0 Å². The van der Waals surface area contributed by atoms with Crippen LogP contribution < -0.4 is 10.1 Å². The molecular formula is C24H34N2O5. The number of likely N-dealkylation sites (tertiary alicyclic amines) is 1. The molecule has 1 N–H and O–H groups in total. The van der Waals surface area contributed by atoms with Gasteiger partial charge in [0.15, 0.2) is 6.10 Å². The molecular weight excluding hydrogens is 396 g/mol. The van der Waals surface area contributed by atoms with Gasteiger partial charge in [-0.1, -0.05) is 38.8 Å². The van der Waals surface area contributed by atoms with Gasteiger partial charge in [-0.15, -0.1) is 0 Å². The molecule has 0 unspecified atom stereocenters. The molecule has 1 aliphatic carbocycles. The summed E-state index contributed by atoms with van der Waals surface area (Å²) in [4.78, 5) is 39.5. The summed E-state index contributed by atoms with van der Waals surface area (Å²) >= 11 is 0. The summed E-state index contributed by atoms with van der Waals surface area (Å²) in [5.41, 5.74) is 0.917.